The standard InChI is InChI=1S/C17H26N2O4/c1-12-8-10-13(11-9-12)19(15(21)23-17(5,6)7)18-14(20)22-16(2,3)4/h8-11H,1-7H3,(H,18,20). The van der Waals surface area contributed by atoms with Crippen LogP contribution < -0.4 is 10.4 Å². The minimum Gasteiger partial charge on any atom is -0.443 e. The number of benzene rings is 1. The number of aryl methyl sites for hydroxylation is 1. The summed E-state index contributed by atoms with van der Waals surface area (Å²) in [5, 5.41) is 1.04. The third kappa shape index (κ3) is 7.04. The van der Waals surface area contributed by atoms with Gasteiger partial charge < -0.3 is 9.47 Å². The molecule has 0 saturated carbocycles. The molecule has 1 rings (SSSR count). The van der Waals surface area contributed by atoms with Gasteiger partial charge in [0.15, 0.2) is 0 Å². The van der Waals surface area contributed by atoms with E-state index < -0.39 is 23.4 Å². The smallest absolute Gasteiger partial charge is 0.434 e. The molecule has 0 bridgehead atoms. The first-order valence-electron chi connectivity index (χ1n) is 7.47. The van der Waals surface area contributed by atoms with Crippen LogP contribution in [0.4, 0.5) is 15.3 Å². The van der Waals surface area contributed by atoms with E-state index in [4.69, 9.17) is 9.47 Å². The first kappa shape index (κ1) is 18.8. The highest BCUT2D eigenvalue weighted by atomic mass is 16.6. The SMILES string of the molecule is Cc1ccc(N(NC(=O)OC(C)(C)C)C(=O)OC(C)(C)C)cc1. The van der Waals surface area contributed by atoms with E-state index in [1.54, 1.807) is 53.7 Å². The third-order valence-corrected chi connectivity index (χ3v) is 2.47. The number of carbonyl (C=O) groups excluding carboxylic acids is 2. The molecule has 0 unspecified atom stereocenters. The van der Waals surface area contributed by atoms with Gasteiger partial charge in [0, 0.05) is 0 Å². The van der Waals surface area contributed by atoms with Gasteiger partial charge in [0.05, 0.1) is 5.69 Å². The Hall–Kier alpha value is -2.24. The Morgan fingerprint density at radius 1 is 0.913 bits per heavy atom. The number of ether oxygens (including phenoxy) is 2. The predicted octanol–water partition coefficient (Wildman–Crippen LogP) is 4.18. The second kappa shape index (κ2) is 6.89. The first-order valence-corrected chi connectivity index (χ1v) is 7.47. The van der Waals surface area contributed by atoms with Crippen LogP contribution in [0.5, 0.6) is 0 Å². The molecule has 1 aromatic rings. The van der Waals surface area contributed by atoms with Crippen molar-refractivity contribution in [3.8, 4) is 0 Å². The molecule has 2 amide bonds. The summed E-state index contributed by atoms with van der Waals surface area (Å²) in [6, 6.07) is 7.11. The van der Waals surface area contributed by atoms with Gasteiger partial charge in [-0.25, -0.2) is 15.0 Å². The number of nitrogens with one attached hydrogen (secondary N) is 1. The van der Waals surface area contributed by atoms with Crippen molar-refractivity contribution < 1.29 is 19.1 Å². The molecule has 0 spiro atoms. The maximum absolute atomic E-state index is 12.4. The van der Waals surface area contributed by atoms with Gasteiger partial charge in [-0.1, -0.05) is 17.7 Å². The maximum Gasteiger partial charge on any atom is 0.434 e. The van der Waals surface area contributed by atoms with Crippen LogP contribution in [0, 0.1) is 6.92 Å². The largest absolute Gasteiger partial charge is 0.443 e. The van der Waals surface area contributed by atoms with E-state index in [0.717, 1.165) is 10.6 Å². The lowest BCUT2D eigenvalue weighted by atomic mass is 10.2. The van der Waals surface area contributed by atoms with Gasteiger partial charge in [-0.2, -0.15) is 5.01 Å². The minimum absolute atomic E-state index is 0.482. The number of nitrogens with zero attached hydrogens (tertiary/aromatic N) is 1. The maximum atomic E-state index is 12.4. The summed E-state index contributed by atoms with van der Waals surface area (Å²) in [5.41, 5.74) is 2.59. The molecule has 6 heteroatoms. The van der Waals surface area contributed by atoms with Gasteiger partial charge in [0.25, 0.3) is 0 Å². The summed E-state index contributed by atoms with van der Waals surface area (Å²) < 4.78 is 10.5. The molecule has 0 radical (unpaired) electrons. The third-order valence-electron chi connectivity index (χ3n) is 2.47. The van der Waals surface area contributed by atoms with Crippen LogP contribution in [-0.4, -0.2) is 23.4 Å². The molecule has 1 N–H and O–H groups in total. The average Bonchev–Trinajstić information content (AvgIpc) is 2.33. The molecule has 0 heterocycles. The summed E-state index contributed by atoms with van der Waals surface area (Å²) >= 11 is 0. The Labute approximate surface area is 137 Å². The highest BCUT2D eigenvalue weighted by Gasteiger charge is 2.27. The van der Waals surface area contributed by atoms with Gasteiger partial charge >= 0.3 is 12.2 Å². The zero-order chi connectivity index (χ0) is 17.8. The van der Waals surface area contributed by atoms with E-state index in [-0.39, 0.29) is 0 Å². The van der Waals surface area contributed by atoms with E-state index in [2.05, 4.69) is 5.43 Å². The molecular formula is C17H26N2O4. The van der Waals surface area contributed by atoms with Crippen molar-refractivity contribution in [2.75, 3.05) is 5.01 Å². The fourth-order valence-corrected chi connectivity index (χ4v) is 1.61. The average molecular weight is 322 g/mol. The lowest BCUT2D eigenvalue weighted by Crippen LogP contribution is -2.50. The van der Waals surface area contributed by atoms with Gasteiger partial charge in [-0.05, 0) is 60.6 Å². The van der Waals surface area contributed by atoms with Gasteiger partial charge in [-0.3, -0.25) is 0 Å². The zero-order valence-corrected chi connectivity index (χ0v) is 14.9. The minimum atomic E-state index is -0.732. The summed E-state index contributed by atoms with van der Waals surface area (Å²) in [6.07, 6.45) is -1.42. The van der Waals surface area contributed by atoms with Crippen molar-refractivity contribution in [1.82, 2.24) is 5.43 Å². The van der Waals surface area contributed by atoms with Crippen molar-refractivity contribution in [2.24, 2.45) is 0 Å². The predicted molar refractivity (Wildman–Crippen MR) is 89.3 cm³/mol. The van der Waals surface area contributed by atoms with E-state index in [9.17, 15) is 9.59 Å². The highest BCUT2D eigenvalue weighted by Crippen LogP contribution is 2.18. The van der Waals surface area contributed by atoms with Crippen LogP contribution in [0.25, 0.3) is 0 Å². The topological polar surface area (TPSA) is 67.9 Å². The number of amides is 2. The second-order valence-electron chi connectivity index (χ2n) is 7.26. The molecule has 23 heavy (non-hydrogen) atoms. The summed E-state index contributed by atoms with van der Waals surface area (Å²) in [7, 11) is 0. The Balaban J connectivity index is 2.99. The normalized spacial score (nSPS) is 11.6. The number of rotatable bonds is 1. The number of hydrogen-bond donors (Lipinski definition) is 1. The Bertz CT molecular complexity index is 553. The van der Waals surface area contributed by atoms with Crippen molar-refractivity contribution in [2.45, 2.75) is 59.7 Å². The van der Waals surface area contributed by atoms with Crippen molar-refractivity contribution in [3.05, 3.63) is 29.8 Å². The number of carbonyl (C=O) groups is 2. The van der Waals surface area contributed by atoms with Crippen molar-refractivity contribution >= 4 is 17.9 Å². The molecule has 0 aliphatic carbocycles. The summed E-state index contributed by atoms with van der Waals surface area (Å²) in [5.74, 6) is 0. The van der Waals surface area contributed by atoms with E-state index in [1.807, 2.05) is 19.1 Å². The van der Waals surface area contributed by atoms with Crippen molar-refractivity contribution in [1.29, 1.82) is 0 Å². The van der Waals surface area contributed by atoms with E-state index in [1.165, 1.54) is 0 Å². The molecule has 0 atom stereocenters. The Morgan fingerprint density at radius 3 is 1.83 bits per heavy atom. The van der Waals surface area contributed by atoms with Crippen molar-refractivity contribution in [3.63, 3.8) is 0 Å². The number of hydrogen-bond acceptors (Lipinski definition) is 4. The van der Waals surface area contributed by atoms with Crippen LogP contribution in [-0.2, 0) is 9.47 Å². The van der Waals surface area contributed by atoms with Crippen LogP contribution in [0.2, 0.25) is 0 Å². The fraction of sp³-hybridized carbons (Fsp3) is 0.529. The number of anilines is 1. The van der Waals surface area contributed by atoms with Gasteiger partial charge in [0.2, 0.25) is 0 Å². The molecular weight excluding hydrogens is 296 g/mol. The van der Waals surface area contributed by atoms with Crippen LogP contribution in [0.15, 0.2) is 24.3 Å². The highest BCUT2D eigenvalue weighted by molar-refractivity contribution is 5.90. The lowest BCUT2D eigenvalue weighted by Gasteiger charge is -2.28. The first-order chi connectivity index (χ1) is 10.4. The zero-order valence-electron chi connectivity index (χ0n) is 14.9. The summed E-state index contributed by atoms with van der Waals surface area (Å²) in [4.78, 5) is 24.4. The molecule has 0 aliphatic heterocycles. The van der Waals surface area contributed by atoms with E-state index >= 15 is 0 Å². The monoisotopic (exact) mass is 322 g/mol. The summed E-state index contributed by atoms with van der Waals surface area (Å²) in [6.45, 7) is 12.4. The second-order valence-corrected chi connectivity index (χ2v) is 7.26. The quantitative estimate of drug-likeness (QED) is 0.788. The van der Waals surface area contributed by atoms with Crippen LogP contribution in [0.3, 0.4) is 0 Å². The van der Waals surface area contributed by atoms with Gasteiger partial charge in [-0.15, -0.1) is 0 Å². The Kier molecular flexibility index (Phi) is 5.64. The molecule has 6 nitrogen and oxygen atoms in total. The Morgan fingerprint density at radius 2 is 1.39 bits per heavy atom. The van der Waals surface area contributed by atoms with E-state index in [0.29, 0.717) is 5.69 Å². The molecule has 0 aliphatic rings. The molecule has 0 saturated heterocycles. The van der Waals surface area contributed by atoms with Crippen LogP contribution >= 0.6 is 0 Å². The molecule has 128 valence electrons. The molecule has 0 aromatic heterocycles. The van der Waals surface area contributed by atoms with Crippen LogP contribution in [0.1, 0.15) is 47.1 Å². The molecule has 1 aromatic carbocycles. The number of hydrazine groups is 1. The lowest BCUT2D eigenvalue weighted by molar-refractivity contribution is 0.0425. The van der Waals surface area contributed by atoms with Gasteiger partial charge in [0.1, 0.15) is 11.2 Å². The fourth-order valence-electron chi connectivity index (χ4n) is 1.61. The molecule has 0 fully saturated rings.